The molecule has 0 bridgehead atoms. The molecule has 0 aliphatic heterocycles. The zero-order valence-corrected chi connectivity index (χ0v) is 16.4. The minimum absolute atomic E-state index is 0.0837. The molecule has 2 aromatic carbocycles. The van der Waals surface area contributed by atoms with Gasteiger partial charge in [-0.1, -0.05) is 29.8 Å². The molecule has 28 heavy (non-hydrogen) atoms. The van der Waals surface area contributed by atoms with Gasteiger partial charge >= 0.3 is 0 Å². The van der Waals surface area contributed by atoms with Gasteiger partial charge in [-0.2, -0.15) is 0 Å². The molecule has 144 valence electrons. The van der Waals surface area contributed by atoms with E-state index in [1.165, 1.54) is 0 Å². The molecule has 0 atom stereocenters. The third-order valence-corrected chi connectivity index (χ3v) is 3.99. The average molecular weight is 375 g/mol. The van der Waals surface area contributed by atoms with Crippen molar-refractivity contribution in [1.82, 2.24) is 4.98 Å². The van der Waals surface area contributed by atoms with E-state index in [1.807, 2.05) is 75.4 Å². The number of carbonyl (C=O) groups is 1. The van der Waals surface area contributed by atoms with Crippen molar-refractivity contribution < 1.29 is 9.53 Å². The summed E-state index contributed by atoms with van der Waals surface area (Å²) < 4.78 is 5.64. The van der Waals surface area contributed by atoms with Crippen LogP contribution >= 0.6 is 0 Å². The molecule has 3 aromatic rings. The van der Waals surface area contributed by atoms with Crippen molar-refractivity contribution in [3.63, 3.8) is 0 Å². The molecule has 0 aliphatic rings. The Morgan fingerprint density at radius 3 is 2.43 bits per heavy atom. The van der Waals surface area contributed by atoms with E-state index < -0.39 is 0 Å². The summed E-state index contributed by atoms with van der Waals surface area (Å²) in [6.45, 7) is 6.01. The van der Waals surface area contributed by atoms with E-state index in [2.05, 4.69) is 15.6 Å². The number of aromatic nitrogens is 1. The van der Waals surface area contributed by atoms with E-state index >= 15 is 0 Å². The van der Waals surface area contributed by atoms with Crippen molar-refractivity contribution in [3.05, 3.63) is 78.0 Å². The maximum absolute atomic E-state index is 12.2. The third kappa shape index (κ3) is 5.84. The predicted octanol–water partition coefficient (Wildman–Crippen LogP) is 5.10. The van der Waals surface area contributed by atoms with Crippen LogP contribution in [0.5, 0.6) is 5.75 Å². The highest BCUT2D eigenvalue weighted by Gasteiger charge is 2.06. The highest BCUT2D eigenvalue weighted by molar-refractivity contribution is 5.91. The second kappa shape index (κ2) is 9.04. The van der Waals surface area contributed by atoms with Crippen molar-refractivity contribution >= 4 is 23.1 Å². The van der Waals surface area contributed by atoms with Crippen molar-refractivity contribution in [2.24, 2.45) is 0 Å². The number of hydrogen-bond donors (Lipinski definition) is 2. The van der Waals surface area contributed by atoms with Gasteiger partial charge in [0.1, 0.15) is 11.6 Å². The van der Waals surface area contributed by atoms with Gasteiger partial charge in [-0.3, -0.25) is 4.79 Å². The number of rotatable bonds is 7. The van der Waals surface area contributed by atoms with E-state index in [0.29, 0.717) is 12.2 Å². The van der Waals surface area contributed by atoms with Crippen molar-refractivity contribution in [3.8, 4) is 5.75 Å². The van der Waals surface area contributed by atoms with Gasteiger partial charge in [0.25, 0.3) is 0 Å². The van der Waals surface area contributed by atoms with Crippen LogP contribution in [0.4, 0.5) is 17.2 Å². The first-order chi connectivity index (χ1) is 13.5. The number of nitrogens with zero attached hydrogens (tertiary/aromatic N) is 1. The summed E-state index contributed by atoms with van der Waals surface area (Å²) in [4.78, 5) is 16.5. The largest absolute Gasteiger partial charge is 0.491 e. The second-order valence-electron chi connectivity index (χ2n) is 6.96. The van der Waals surface area contributed by atoms with Crippen LogP contribution in [0.15, 0.2) is 66.9 Å². The summed E-state index contributed by atoms with van der Waals surface area (Å²) in [6.07, 6.45) is 2.17. The summed E-state index contributed by atoms with van der Waals surface area (Å²) in [7, 11) is 0. The first kappa shape index (κ1) is 19.4. The van der Waals surface area contributed by atoms with Crippen molar-refractivity contribution in [2.45, 2.75) is 33.3 Å². The number of pyridine rings is 1. The minimum Gasteiger partial charge on any atom is -0.491 e. The lowest BCUT2D eigenvalue weighted by Gasteiger charge is -2.11. The molecule has 5 heteroatoms. The number of benzene rings is 2. The fourth-order valence-electron chi connectivity index (χ4n) is 2.79. The van der Waals surface area contributed by atoms with E-state index in [-0.39, 0.29) is 12.0 Å². The summed E-state index contributed by atoms with van der Waals surface area (Å²) in [5.74, 6) is 1.29. The third-order valence-electron chi connectivity index (χ3n) is 3.99. The number of ether oxygens (including phenoxy) is 1. The molecule has 0 saturated heterocycles. The quantitative estimate of drug-likeness (QED) is 0.603. The first-order valence-electron chi connectivity index (χ1n) is 9.33. The van der Waals surface area contributed by atoms with E-state index in [4.69, 9.17) is 4.74 Å². The number of amides is 1. The number of hydrogen-bond acceptors (Lipinski definition) is 4. The molecule has 0 aliphatic carbocycles. The molecule has 0 fully saturated rings. The van der Waals surface area contributed by atoms with Crippen LogP contribution in [0.25, 0.3) is 0 Å². The molecule has 0 spiro atoms. The molecule has 1 amide bonds. The van der Waals surface area contributed by atoms with Gasteiger partial charge in [0.15, 0.2) is 0 Å². The van der Waals surface area contributed by atoms with E-state index in [1.54, 1.807) is 12.3 Å². The lowest BCUT2D eigenvalue weighted by molar-refractivity contribution is -0.115. The fraction of sp³-hybridized carbons (Fsp3) is 0.217. The molecule has 0 radical (unpaired) electrons. The topological polar surface area (TPSA) is 63.2 Å². The van der Waals surface area contributed by atoms with Gasteiger partial charge in [-0.05, 0) is 62.7 Å². The number of anilines is 3. The Morgan fingerprint density at radius 2 is 1.79 bits per heavy atom. The maximum Gasteiger partial charge on any atom is 0.229 e. The Bertz CT molecular complexity index is 919. The maximum atomic E-state index is 12.2. The smallest absolute Gasteiger partial charge is 0.229 e. The van der Waals surface area contributed by atoms with Crippen LogP contribution in [-0.4, -0.2) is 17.0 Å². The molecule has 5 nitrogen and oxygen atoms in total. The fourth-order valence-corrected chi connectivity index (χ4v) is 2.79. The van der Waals surface area contributed by atoms with Crippen LogP contribution in [0.3, 0.4) is 0 Å². The van der Waals surface area contributed by atoms with Gasteiger partial charge in [-0.25, -0.2) is 4.98 Å². The van der Waals surface area contributed by atoms with Crippen molar-refractivity contribution in [2.75, 3.05) is 10.6 Å². The number of carbonyl (C=O) groups excluding carboxylic acids is 1. The Morgan fingerprint density at radius 1 is 1.04 bits per heavy atom. The Labute approximate surface area is 165 Å². The molecule has 1 heterocycles. The zero-order valence-electron chi connectivity index (χ0n) is 16.4. The standard InChI is InChI=1S/C23H25N3O2/c1-16(2)28-21-10-7-19(8-11-21)25-20-9-12-22(24-15-20)26-23(27)14-18-6-4-5-17(3)13-18/h4-13,15-16,25H,14H2,1-3H3,(H,24,26,27). The van der Waals surface area contributed by atoms with Gasteiger partial charge in [0.2, 0.25) is 5.91 Å². The second-order valence-corrected chi connectivity index (χ2v) is 6.96. The van der Waals surface area contributed by atoms with Crippen LogP contribution in [0.1, 0.15) is 25.0 Å². The first-order valence-corrected chi connectivity index (χ1v) is 9.33. The summed E-state index contributed by atoms with van der Waals surface area (Å²) in [6, 6.07) is 19.4. The molecular weight excluding hydrogens is 350 g/mol. The minimum atomic E-state index is -0.0837. The van der Waals surface area contributed by atoms with Gasteiger partial charge < -0.3 is 15.4 Å². The van der Waals surface area contributed by atoms with Gasteiger partial charge in [-0.15, -0.1) is 0 Å². The van der Waals surface area contributed by atoms with Gasteiger partial charge in [0.05, 0.1) is 24.4 Å². The Balaban J connectivity index is 1.55. The molecule has 0 saturated carbocycles. The monoisotopic (exact) mass is 375 g/mol. The molecule has 2 N–H and O–H groups in total. The summed E-state index contributed by atoms with van der Waals surface area (Å²) in [5.41, 5.74) is 3.91. The number of nitrogens with one attached hydrogen (secondary N) is 2. The molecule has 1 aromatic heterocycles. The number of aryl methyl sites for hydroxylation is 1. The lowest BCUT2D eigenvalue weighted by atomic mass is 10.1. The average Bonchev–Trinajstić information content (AvgIpc) is 2.64. The predicted molar refractivity (Wildman–Crippen MR) is 113 cm³/mol. The van der Waals surface area contributed by atoms with E-state index in [0.717, 1.165) is 28.3 Å². The zero-order chi connectivity index (χ0) is 19.9. The van der Waals surface area contributed by atoms with Gasteiger partial charge in [0, 0.05) is 5.69 Å². The highest BCUT2D eigenvalue weighted by Crippen LogP contribution is 2.21. The SMILES string of the molecule is Cc1cccc(CC(=O)Nc2ccc(Nc3ccc(OC(C)C)cc3)cn2)c1. The lowest BCUT2D eigenvalue weighted by Crippen LogP contribution is -2.15. The molecule has 0 unspecified atom stereocenters. The van der Waals surface area contributed by atoms with Crippen LogP contribution in [0, 0.1) is 6.92 Å². The molecular formula is C23H25N3O2. The Hall–Kier alpha value is -3.34. The van der Waals surface area contributed by atoms with Crippen molar-refractivity contribution in [1.29, 1.82) is 0 Å². The summed E-state index contributed by atoms with van der Waals surface area (Å²) in [5, 5.41) is 6.11. The van der Waals surface area contributed by atoms with E-state index in [9.17, 15) is 4.79 Å². The molecule has 3 rings (SSSR count). The highest BCUT2D eigenvalue weighted by atomic mass is 16.5. The van der Waals surface area contributed by atoms with Crippen LogP contribution in [-0.2, 0) is 11.2 Å². The van der Waals surface area contributed by atoms with Crippen LogP contribution < -0.4 is 15.4 Å². The normalized spacial score (nSPS) is 10.6. The summed E-state index contributed by atoms with van der Waals surface area (Å²) >= 11 is 0. The Kier molecular flexibility index (Phi) is 6.27. The van der Waals surface area contributed by atoms with Crippen LogP contribution in [0.2, 0.25) is 0 Å².